The van der Waals surface area contributed by atoms with Gasteiger partial charge >= 0.3 is 0 Å². The molecule has 0 saturated heterocycles. The number of aromatic nitrogens is 3. The van der Waals surface area contributed by atoms with Gasteiger partial charge < -0.3 is 5.73 Å². The van der Waals surface area contributed by atoms with Crippen molar-refractivity contribution in [2.45, 2.75) is 11.8 Å². The molecule has 1 amide bonds. The largest absolute Gasteiger partial charge is 0.393 e. The first-order valence-electron chi connectivity index (χ1n) is 8.28. The van der Waals surface area contributed by atoms with Crippen LogP contribution in [0.5, 0.6) is 0 Å². The van der Waals surface area contributed by atoms with Crippen LogP contribution in [0.25, 0.3) is 0 Å². The molecule has 0 unspecified atom stereocenters. The lowest BCUT2D eigenvalue weighted by Crippen LogP contribution is -2.32. The molecule has 0 aliphatic carbocycles. The molecule has 3 aromatic rings. The number of nitrogens with zero attached hydrogens (tertiary/aromatic N) is 3. The predicted octanol–water partition coefficient (Wildman–Crippen LogP) is 0.825. The topological polar surface area (TPSA) is 164 Å². The third-order valence-electron chi connectivity index (χ3n) is 3.76. The number of rotatable bonds is 7. The first-order valence-corrected chi connectivity index (χ1v) is 9.76. The fourth-order valence-electron chi connectivity index (χ4n) is 2.18. The molecule has 0 atom stereocenters. The average molecular weight is 414 g/mol. The van der Waals surface area contributed by atoms with Gasteiger partial charge in [0.2, 0.25) is 0 Å². The average Bonchev–Trinajstić information content (AvgIpc) is 2.73. The van der Waals surface area contributed by atoms with Crippen LogP contribution in [-0.4, -0.2) is 29.3 Å². The Hall–Kier alpha value is -3.77. The van der Waals surface area contributed by atoms with Crippen molar-refractivity contribution in [1.29, 1.82) is 0 Å². The monoisotopic (exact) mass is 414 g/mol. The molecule has 3 rings (SSSR count). The van der Waals surface area contributed by atoms with Gasteiger partial charge in [-0.25, -0.2) is 18.4 Å². The van der Waals surface area contributed by atoms with Gasteiger partial charge in [0.05, 0.1) is 4.90 Å². The summed E-state index contributed by atoms with van der Waals surface area (Å²) in [5.74, 6) is -0.337. The molecule has 150 valence electrons. The Kier molecular flexibility index (Phi) is 5.85. The Morgan fingerprint density at radius 2 is 1.59 bits per heavy atom. The quantitative estimate of drug-likeness (QED) is 0.352. The Morgan fingerprint density at radius 1 is 0.966 bits per heavy atom. The van der Waals surface area contributed by atoms with E-state index in [-0.39, 0.29) is 22.2 Å². The first-order chi connectivity index (χ1) is 13.9. The molecule has 6 N–H and O–H groups in total. The van der Waals surface area contributed by atoms with Crippen molar-refractivity contribution in [1.82, 2.24) is 25.2 Å². The number of carbonyl (C=O) groups excluding carboxylic acids is 1. The number of anilines is 3. The summed E-state index contributed by atoms with van der Waals surface area (Å²) in [6.45, 7) is 1.85. The fourth-order valence-corrected chi connectivity index (χ4v) is 3.02. The number of sulfonamides is 1. The van der Waals surface area contributed by atoms with Gasteiger partial charge in [-0.05, 0) is 31.2 Å². The lowest BCUT2D eigenvalue weighted by atomic mass is 10.2. The van der Waals surface area contributed by atoms with Gasteiger partial charge in [0.15, 0.2) is 11.6 Å². The molecule has 11 nitrogen and oxygen atoms in total. The highest BCUT2D eigenvalue weighted by molar-refractivity contribution is 7.89. The number of nitrogens with one attached hydrogen (secondary N) is 4. The summed E-state index contributed by atoms with van der Waals surface area (Å²) < 4.78 is 24.7. The number of nitrogens with two attached hydrogens (primary N) is 1. The summed E-state index contributed by atoms with van der Waals surface area (Å²) >= 11 is 0. The lowest BCUT2D eigenvalue weighted by Gasteiger charge is -2.14. The third kappa shape index (κ3) is 4.94. The van der Waals surface area contributed by atoms with E-state index < -0.39 is 15.9 Å². The van der Waals surface area contributed by atoms with Crippen molar-refractivity contribution in [2.24, 2.45) is 0 Å². The van der Waals surface area contributed by atoms with Crippen LogP contribution in [0.1, 0.15) is 15.9 Å². The standard InChI is InChI=1S/C17H18N8O3S/c1-11-2-4-13(5-3-11)29(27,28)25-23-16-14(18)15(20-10-21-16)22-24-17(26)12-6-8-19-9-7-12/h2-10,25H,18H2,1H3,(H,24,26)(H2,20,21,22,23). The normalized spacial score (nSPS) is 10.9. The van der Waals surface area contributed by atoms with E-state index in [4.69, 9.17) is 5.73 Å². The number of benzene rings is 1. The van der Waals surface area contributed by atoms with E-state index in [0.717, 1.165) is 11.9 Å². The first kappa shape index (κ1) is 20.0. The molecule has 0 aliphatic rings. The SMILES string of the molecule is Cc1ccc(S(=O)(=O)NNc2ncnc(NNC(=O)c3ccncc3)c2N)cc1. The highest BCUT2D eigenvalue weighted by Crippen LogP contribution is 2.21. The molecule has 0 spiro atoms. The van der Waals surface area contributed by atoms with Gasteiger partial charge in [-0.3, -0.25) is 26.1 Å². The van der Waals surface area contributed by atoms with Crippen LogP contribution in [-0.2, 0) is 10.0 Å². The van der Waals surface area contributed by atoms with Crippen molar-refractivity contribution in [3.8, 4) is 0 Å². The number of carbonyl (C=O) groups is 1. The number of hydrogen-bond acceptors (Lipinski definition) is 9. The smallest absolute Gasteiger partial charge is 0.269 e. The molecule has 0 saturated carbocycles. The minimum absolute atomic E-state index is 0.00543. The van der Waals surface area contributed by atoms with Crippen molar-refractivity contribution in [3.05, 3.63) is 66.2 Å². The molecule has 29 heavy (non-hydrogen) atoms. The molecule has 0 fully saturated rings. The van der Waals surface area contributed by atoms with Crippen LogP contribution in [0.3, 0.4) is 0 Å². The van der Waals surface area contributed by atoms with Crippen LogP contribution in [0.15, 0.2) is 60.0 Å². The van der Waals surface area contributed by atoms with Crippen molar-refractivity contribution in [3.63, 3.8) is 0 Å². The molecule has 0 radical (unpaired) electrons. The van der Waals surface area contributed by atoms with Crippen LogP contribution in [0, 0.1) is 6.92 Å². The Morgan fingerprint density at radius 3 is 2.24 bits per heavy atom. The van der Waals surface area contributed by atoms with E-state index in [1.165, 1.54) is 36.7 Å². The molecule has 0 aliphatic heterocycles. The van der Waals surface area contributed by atoms with Crippen LogP contribution in [0.2, 0.25) is 0 Å². The van der Waals surface area contributed by atoms with E-state index in [1.54, 1.807) is 12.1 Å². The van der Waals surface area contributed by atoms with E-state index in [1.807, 2.05) is 6.92 Å². The van der Waals surface area contributed by atoms with Crippen LogP contribution >= 0.6 is 0 Å². The number of nitrogen functional groups attached to an aromatic ring is 1. The van der Waals surface area contributed by atoms with E-state index in [9.17, 15) is 13.2 Å². The maximum Gasteiger partial charge on any atom is 0.269 e. The maximum atomic E-state index is 12.3. The van der Waals surface area contributed by atoms with Gasteiger partial charge in [-0.2, -0.15) is 0 Å². The zero-order chi connectivity index (χ0) is 20.9. The second-order valence-electron chi connectivity index (χ2n) is 5.84. The van der Waals surface area contributed by atoms with Gasteiger partial charge in [0.25, 0.3) is 15.9 Å². The zero-order valence-corrected chi connectivity index (χ0v) is 16.1. The van der Waals surface area contributed by atoms with Gasteiger partial charge in [0, 0.05) is 18.0 Å². The summed E-state index contributed by atoms with van der Waals surface area (Å²) in [6, 6.07) is 9.39. The van der Waals surface area contributed by atoms with E-state index in [0.29, 0.717) is 5.56 Å². The number of hydrazine groups is 2. The zero-order valence-electron chi connectivity index (χ0n) is 15.2. The summed E-state index contributed by atoms with van der Waals surface area (Å²) in [6.07, 6.45) is 4.12. The second-order valence-corrected chi connectivity index (χ2v) is 7.53. The van der Waals surface area contributed by atoms with Crippen molar-refractivity contribution < 1.29 is 13.2 Å². The Balaban J connectivity index is 1.67. The van der Waals surface area contributed by atoms with Gasteiger partial charge in [0.1, 0.15) is 12.0 Å². The molecular weight excluding hydrogens is 396 g/mol. The van der Waals surface area contributed by atoms with Gasteiger partial charge in [-0.15, -0.1) is 4.83 Å². The molecule has 12 heteroatoms. The van der Waals surface area contributed by atoms with Crippen molar-refractivity contribution >= 4 is 33.3 Å². The maximum absolute atomic E-state index is 12.3. The van der Waals surface area contributed by atoms with Crippen molar-refractivity contribution in [2.75, 3.05) is 16.6 Å². The number of amides is 1. The number of hydrogen-bond donors (Lipinski definition) is 5. The third-order valence-corrected chi connectivity index (χ3v) is 5.02. The number of pyridine rings is 1. The minimum atomic E-state index is -3.84. The highest BCUT2D eigenvalue weighted by Gasteiger charge is 2.16. The van der Waals surface area contributed by atoms with Crippen LogP contribution < -0.4 is 26.8 Å². The fraction of sp³-hybridized carbons (Fsp3) is 0.0588. The van der Waals surface area contributed by atoms with E-state index >= 15 is 0 Å². The summed E-state index contributed by atoms with van der Waals surface area (Å²) in [5.41, 5.74) is 14.7. The summed E-state index contributed by atoms with van der Waals surface area (Å²) in [5, 5.41) is 0. The van der Waals surface area contributed by atoms with E-state index in [2.05, 4.69) is 36.1 Å². The summed E-state index contributed by atoms with van der Waals surface area (Å²) in [7, 11) is -3.84. The van der Waals surface area contributed by atoms with Crippen LogP contribution in [0.4, 0.5) is 17.3 Å². The molecule has 2 aromatic heterocycles. The Bertz CT molecular complexity index is 1110. The predicted molar refractivity (Wildman–Crippen MR) is 107 cm³/mol. The Labute approximate surface area is 166 Å². The molecular formula is C17H18N8O3S. The number of aryl methyl sites for hydroxylation is 1. The second kappa shape index (κ2) is 8.50. The molecule has 1 aromatic carbocycles. The summed E-state index contributed by atoms with van der Waals surface area (Å²) in [4.78, 5) is 26.0. The molecule has 2 heterocycles. The minimum Gasteiger partial charge on any atom is -0.393 e. The highest BCUT2D eigenvalue weighted by atomic mass is 32.2. The molecule has 0 bridgehead atoms. The van der Waals surface area contributed by atoms with Gasteiger partial charge in [-0.1, -0.05) is 17.7 Å². The lowest BCUT2D eigenvalue weighted by molar-refractivity contribution is 0.0962.